The van der Waals surface area contributed by atoms with E-state index in [0.717, 1.165) is 0 Å². The molecule has 2 aromatic heterocycles. The van der Waals surface area contributed by atoms with Crippen molar-refractivity contribution >= 4 is 5.91 Å². The molecule has 100 valence electrons. The van der Waals surface area contributed by atoms with Gasteiger partial charge in [0.15, 0.2) is 0 Å². The van der Waals surface area contributed by atoms with Crippen LogP contribution in [0.2, 0.25) is 0 Å². The summed E-state index contributed by atoms with van der Waals surface area (Å²) in [6.45, 7) is 3.71. The molecule has 2 heterocycles. The van der Waals surface area contributed by atoms with Gasteiger partial charge in [0.25, 0.3) is 5.56 Å². The van der Waals surface area contributed by atoms with Gasteiger partial charge in [0.05, 0.1) is 19.1 Å². The summed E-state index contributed by atoms with van der Waals surface area (Å²) >= 11 is 0. The Labute approximate surface area is 110 Å². The van der Waals surface area contributed by atoms with E-state index in [2.05, 4.69) is 10.3 Å². The number of amides is 1. The Morgan fingerprint density at radius 3 is 2.95 bits per heavy atom. The first-order valence-electron chi connectivity index (χ1n) is 5.89. The molecule has 19 heavy (non-hydrogen) atoms. The Bertz CT molecular complexity index is 629. The van der Waals surface area contributed by atoms with Gasteiger partial charge in [-0.25, -0.2) is 4.98 Å². The zero-order chi connectivity index (χ0) is 13.8. The van der Waals surface area contributed by atoms with Crippen LogP contribution in [-0.2, 0) is 17.9 Å². The number of hydrogen-bond donors (Lipinski definition) is 1. The summed E-state index contributed by atoms with van der Waals surface area (Å²) in [5.74, 6) is 0.405. The van der Waals surface area contributed by atoms with Gasteiger partial charge in [0, 0.05) is 11.3 Å². The lowest BCUT2D eigenvalue weighted by molar-refractivity contribution is -0.122. The van der Waals surface area contributed by atoms with Gasteiger partial charge in [-0.2, -0.15) is 0 Å². The summed E-state index contributed by atoms with van der Waals surface area (Å²) in [4.78, 5) is 27.7. The third-order valence-electron chi connectivity index (χ3n) is 2.87. The summed E-state index contributed by atoms with van der Waals surface area (Å²) < 4.78 is 6.39. The molecular weight excluding hydrogens is 246 g/mol. The quantitative estimate of drug-likeness (QED) is 0.881. The van der Waals surface area contributed by atoms with Crippen molar-refractivity contribution in [2.24, 2.45) is 0 Å². The fourth-order valence-corrected chi connectivity index (χ4v) is 1.60. The predicted octanol–water partition coefficient (Wildman–Crippen LogP) is 0.770. The molecule has 0 saturated carbocycles. The molecule has 0 atom stereocenters. The van der Waals surface area contributed by atoms with Crippen LogP contribution in [0.1, 0.15) is 17.0 Å². The lowest BCUT2D eigenvalue weighted by Gasteiger charge is -2.07. The summed E-state index contributed by atoms with van der Waals surface area (Å²) in [6.07, 6.45) is 2.93. The van der Waals surface area contributed by atoms with Crippen LogP contribution in [-0.4, -0.2) is 15.5 Å². The SMILES string of the molecule is Cc1ncn(CC(=O)NCc2ccco2)c(=O)c1C. The monoisotopic (exact) mass is 261 g/mol. The molecule has 1 amide bonds. The molecule has 0 radical (unpaired) electrons. The van der Waals surface area contributed by atoms with E-state index in [-0.39, 0.29) is 18.0 Å². The number of furan rings is 1. The highest BCUT2D eigenvalue weighted by Crippen LogP contribution is 1.98. The average molecular weight is 261 g/mol. The summed E-state index contributed by atoms with van der Waals surface area (Å²) in [6, 6.07) is 3.52. The molecule has 2 aromatic rings. The fourth-order valence-electron chi connectivity index (χ4n) is 1.60. The van der Waals surface area contributed by atoms with Gasteiger partial charge in [0.1, 0.15) is 12.3 Å². The Balaban J connectivity index is 1.99. The average Bonchev–Trinajstić information content (AvgIpc) is 2.90. The van der Waals surface area contributed by atoms with Crippen molar-refractivity contribution in [1.29, 1.82) is 0 Å². The van der Waals surface area contributed by atoms with Crippen LogP contribution < -0.4 is 10.9 Å². The second kappa shape index (κ2) is 5.51. The minimum atomic E-state index is -0.261. The van der Waals surface area contributed by atoms with Gasteiger partial charge >= 0.3 is 0 Å². The molecule has 6 heteroatoms. The molecular formula is C13H15N3O3. The first-order chi connectivity index (χ1) is 9.08. The topological polar surface area (TPSA) is 77.1 Å². The highest BCUT2D eigenvalue weighted by atomic mass is 16.3. The van der Waals surface area contributed by atoms with Crippen LogP contribution in [0.3, 0.4) is 0 Å². The van der Waals surface area contributed by atoms with Crippen molar-refractivity contribution in [3.63, 3.8) is 0 Å². The van der Waals surface area contributed by atoms with Gasteiger partial charge in [-0.3, -0.25) is 14.2 Å². The van der Waals surface area contributed by atoms with E-state index in [1.807, 2.05) is 0 Å². The molecule has 0 bridgehead atoms. The highest BCUT2D eigenvalue weighted by molar-refractivity contribution is 5.75. The van der Waals surface area contributed by atoms with Crippen LogP contribution in [0.25, 0.3) is 0 Å². The third-order valence-corrected chi connectivity index (χ3v) is 2.87. The summed E-state index contributed by atoms with van der Waals surface area (Å²) in [5, 5.41) is 2.67. The van der Waals surface area contributed by atoms with Gasteiger partial charge in [-0.05, 0) is 26.0 Å². The van der Waals surface area contributed by atoms with E-state index in [0.29, 0.717) is 23.6 Å². The Hall–Kier alpha value is -2.37. The minimum absolute atomic E-state index is 0.0480. The number of aromatic nitrogens is 2. The molecule has 0 saturated heterocycles. The number of carbonyl (C=O) groups is 1. The highest BCUT2D eigenvalue weighted by Gasteiger charge is 2.08. The molecule has 0 spiro atoms. The Kier molecular flexibility index (Phi) is 3.79. The number of hydrogen-bond acceptors (Lipinski definition) is 4. The first-order valence-corrected chi connectivity index (χ1v) is 5.89. The molecule has 1 N–H and O–H groups in total. The van der Waals surface area contributed by atoms with Crippen molar-refractivity contribution < 1.29 is 9.21 Å². The van der Waals surface area contributed by atoms with Crippen molar-refractivity contribution in [2.45, 2.75) is 26.9 Å². The lowest BCUT2D eigenvalue weighted by Crippen LogP contribution is -2.33. The zero-order valence-electron chi connectivity index (χ0n) is 10.8. The molecule has 0 aliphatic carbocycles. The summed E-state index contributed by atoms with van der Waals surface area (Å²) in [7, 11) is 0. The van der Waals surface area contributed by atoms with Crippen LogP contribution in [0.15, 0.2) is 33.9 Å². The van der Waals surface area contributed by atoms with Crippen LogP contribution in [0.4, 0.5) is 0 Å². The normalized spacial score (nSPS) is 10.4. The van der Waals surface area contributed by atoms with Gasteiger partial charge in [-0.15, -0.1) is 0 Å². The third kappa shape index (κ3) is 3.09. The summed E-state index contributed by atoms with van der Waals surface area (Å²) in [5.41, 5.74) is 1.04. The van der Waals surface area contributed by atoms with Gasteiger partial charge < -0.3 is 9.73 Å². The van der Waals surface area contributed by atoms with E-state index in [4.69, 9.17) is 4.42 Å². The molecule has 0 fully saturated rings. The maximum absolute atomic E-state index is 11.9. The Morgan fingerprint density at radius 1 is 1.47 bits per heavy atom. The van der Waals surface area contributed by atoms with Crippen molar-refractivity contribution in [3.05, 3.63) is 52.1 Å². The van der Waals surface area contributed by atoms with Gasteiger partial charge in [-0.1, -0.05) is 0 Å². The lowest BCUT2D eigenvalue weighted by atomic mass is 10.3. The number of aryl methyl sites for hydroxylation is 1. The second-order valence-electron chi connectivity index (χ2n) is 4.24. The zero-order valence-corrected chi connectivity index (χ0v) is 10.8. The van der Waals surface area contributed by atoms with Crippen LogP contribution >= 0.6 is 0 Å². The molecule has 6 nitrogen and oxygen atoms in total. The number of carbonyl (C=O) groups excluding carboxylic acids is 1. The molecule has 0 aromatic carbocycles. The van der Waals surface area contributed by atoms with E-state index >= 15 is 0 Å². The maximum Gasteiger partial charge on any atom is 0.256 e. The predicted molar refractivity (Wildman–Crippen MR) is 68.5 cm³/mol. The molecule has 0 aliphatic rings. The number of rotatable bonds is 4. The van der Waals surface area contributed by atoms with Gasteiger partial charge in [0.2, 0.25) is 5.91 Å². The van der Waals surface area contributed by atoms with Crippen molar-refractivity contribution in [1.82, 2.24) is 14.9 Å². The number of nitrogens with zero attached hydrogens (tertiary/aromatic N) is 2. The fraction of sp³-hybridized carbons (Fsp3) is 0.308. The first kappa shape index (κ1) is 13.1. The molecule has 0 aliphatic heterocycles. The largest absolute Gasteiger partial charge is 0.467 e. The van der Waals surface area contributed by atoms with E-state index < -0.39 is 0 Å². The Morgan fingerprint density at radius 2 is 2.26 bits per heavy atom. The smallest absolute Gasteiger partial charge is 0.256 e. The van der Waals surface area contributed by atoms with E-state index in [1.54, 1.807) is 32.2 Å². The van der Waals surface area contributed by atoms with E-state index in [9.17, 15) is 9.59 Å². The second-order valence-corrected chi connectivity index (χ2v) is 4.24. The van der Waals surface area contributed by atoms with Crippen LogP contribution in [0.5, 0.6) is 0 Å². The van der Waals surface area contributed by atoms with E-state index in [1.165, 1.54) is 10.9 Å². The minimum Gasteiger partial charge on any atom is -0.467 e. The number of nitrogens with one attached hydrogen (secondary N) is 1. The molecule has 2 rings (SSSR count). The van der Waals surface area contributed by atoms with Crippen molar-refractivity contribution in [2.75, 3.05) is 0 Å². The van der Waals surface area contributed by atoms with Crippen molar-refractivity contribution in [3.8, 4) is 0 Å². The maximum atomic E-state index is 11.9. The molecule has 0 unspecified atom stereocenters. The standard InChI is InChI=1S/C13H15N3O3/c1-9-10(2)15-8-16(13(9)18)7-12(17)14-6-11-4-3-5-19-11/h3-5,8H,6-7H2,1-2H3,(H,14,17). The van der Waals surface area contributed by atoms with Crippen LogP contribution in [0, 0.1) is 13.8 Å².